The van der Waals surface area contributed by atoms with Gasteiger partial charge in [-0.3, -0.25) is 9.69 Å². The molecule has 4 rings (SSSR count). The predicted molar refractivity (Wildman–Crippen MR) is 118 cm³/mol. The van der Waals surface area contributed by atoms with Crippen LogP contribution in [0.15, 0.2) is 55.0 Å². The number of amides is 1. The summed E-state index contributed by atoms with van der Waals surface area (Å²) < 4.78 is 75.0. The smallest absolute Gasteiger partial charge is 0.257 e. The molecule has 0 radical (unpaired) electrons. The van der Waals surface area contributed by atoms with Crippen molar-refractivity contribution in [2.75, 3.05) is 18.4 Å². The lowest BCUT2D eigenvalue weighted by molar-refractivity contribution is -0.605. The number of nitrogens with one attached hydrogen (secondary N) is 1. The number of piperidine rings is 1. The van der Waals surface area contributed by atoms with Gasteiger partial charge in [-0.05, 0) is 24.6 Å². The van der Waals surface area contributed by atoms with Gasteiger partial charge in [-0.15, -0.1) is 0 Å². The van der Waals surface area contributed by atoms with Gasteiger partial charge >= 0.3 is 0 Å². The Hall–Kier alpha value is -3.80. The van der Waals surface area contributed by atoms with E-state index in [1.165, 1.54) is 24.3 Å². The second kappa shape index (κ2) is 10.1. The van der Waals surface area contributed by atoms with Crippen molar-refractivity contribution < 1.29 is 36.2 Å². The lowest BCUT2D eigenvalue weighted by atomic mass is 9.87. The molecule has 0 saturated carbocycles. The molecule has 36 heavy (non-hydrogen) atoms. The molecular weight excluding hydrogens is 487 g/mol. The summed E-state index contributed by atoms with van der Waals surface area (Å²) in [5, 5.41) is 13.8. The minimum Gasteiger partial charge on any atom is -0.619 e. The largest absolute Gasteiger partial charge is 0.619 e. The number of aromatic nitrogens is 2. The van der Waals surface area contributed by atoms with Gasteiger partial charge in [-0.25, -0.2) is 26.9 Å². The third-order valence-electron chi connectivity index (χ3n) is 6.01. The van der Waals surface area contributed by atoms with Crippen molar-refractivity contribution in [3.05, 3.63) is 83.2 Å². The molecule has 1 amide bonds. The Balaban J connectivity index is 1.39. The number of carbonyl (C=O) groups is 1. The van der Waals surface area contributed by atoms with E-state index < -0.39 is 53.4 Å². The summed E-state index contributed by atoms with van der Waals surface area (Å²) in [4.78, 5) is 18.4. The van der Waals surface area contributed by atoms with Crippen molar-refractivity contribution in [1.29, 1.82) is 0 Å². The zero-order valence-corrected chi connectivity index (χ0v) is 18.9. The van der Waals surface area contributed by atoms with Gasteiger partial charge in [0.2, 0.25) is 5.91 Å². The minimum atomic E-state index is -2.99. The Morgan fingerprint density at radius 2 is 1.86 bits per heavy atom. The number of ether oxygens (including phenoxy) is 1. The molecule has 190 valence electrons. The predicted octanol–water partition coefficient (Wildman–Crippen LogP) is 4.38. The van der Waals surface area contributed by atoms with Crippen molar-refractivity contribution in [3.63, 3.8) is 0 Å². The third kappa shape index (κ3) is 5.54. The number of alkyl halides is 2. The second-order valence-corrected chi connectivity index (χ2v) is 8.39. The first-order valence-electron chi connectivity index (χ1n) is 10.9. The van der Waals surface area contributed by atoms with Crippen LogP contribution in [0.4, 0.5) is 27.8 Å². The van der Waals surface area contributed by atoms with Crippen LogP contribution in [0.1, 0.15) is 24.8 Å². The molecule has 12 heteroatoms. The number of nitrogens with zero attached hydrogens (tertiary/aromatic N) is 3. The van der Waals surface area contributed by atoms with Gasteiger partial charge in [0.05, 0.1) is 18.2 Å². The van der Waals surface area contributed by atoms with E-state index in [1.807, 2.05) is 0 Å². The Morgan fingerprint density at radius 1 is 1.17 bits per heavy atom. The van der Waals surface area contributed by atoms with Gasteiger partial charge < -0.3 is 15.3 Å². The average Bonchev–Trinajstić information content (AvgIpc) is 2.84. The summed E-state index contributed by atoms with van der Waals surface area (Å²) in [5.41, 5.74) is 0.305. The lowest BCUT2D eigenvalue weighted by Gasteiger charge is -2.40. The zero-order valence-electron chi connectivity index (χ0n) is 18.9. The van der Waals surface area contributed by atoms with Crippen molar-refractivity contribution in [2.24, 2.45) is 0 Å². The van der Waals surface area contributed by atoms with Gasteiger partial charge in [-0.1, -0.05) is 0 Å². The summed E-state index contributed by atoms with van der Waals surface area (Å²) in [6, 6.07) is 5.53. The van der Waals surface area contributed by atoms with E-state index >= 15 is 0 Å². The maximum absolute atomic E-state index is 14.6. The molecule has 0 aliphatic carbocycles. The van der Waals surface area contributed by atoms with Gasteiger partial charge in [0.1, 0.15) is 11.6 Å². The SMILES string of the molecule is C[C@@H](C(=O)Nc1ccc(Oc2cc(F)c(F)cc2F)cn1)N1CCC(F)(F)[C@@H](c2cc[n+]([O-])cc2)C1. The summed E-state index contributed by atoms with van der Waals surface area (Å²) in [6.07, 6.45) is 3.00. The number of halogens is 5. The maximum atomic E-state index is 14.6. The Labute approximate surface area is 202 Å². The second-order valence-electron chi connectivity index (χ2n) is 8.39. The van der Waals surface area contributed by atoms with Crippen LogP contribution in [0.2, 0.25) is 0 Å². The molecule has 1 aromatic carbocycles. The van der Waals surface area contributed by atoms with Crippen LogP contribution in [-0.4, -0.2) is 40.8 Å². The molecule has 2 atom stereocenters. The summed E-state index contributed by atoms with van der Waals surface area (Å²) in [7, 11) is 0. The van der Waals surface area contributed by atoms with Gasteiger partial charge in [0.25, 0.3) is 5.92 Å². The number of pyridine rings is 2. The maximum Gasteiger partial charge on any atom is 0.257 e. The van der Waals surface area contributed by atoms with E-state index in [1.54, 1.807) is 11.8 Å². The van der Waals surface area contributed by atoms with Crippen molar-refractivity contribution in [2.45, 2.75) is 31.2 Å². The highest BCUT2D eigenvalue weighted by Crippen LogP contribution is 2.40. The average molecular weight is 508 g/mol. The summed E-state index contributed by atoms with van der Waals surface area (Å²) in [5.74, 6) is -8.82. The summed E-state index contributed by atoms with van der Waals surface area (Å²) >= 11 is 0. The highest BCUT2D eigenvalue weighted by Gasteiger charge is 2.46. The quantitative estimate of drug-likeness (QED) is 0.231. The first kappa shape index (κ1) is 25.3. The van der Waals surface area contributed by atoms with Crippen molar-refractivity contribution in [1.82, 2.24) is 9.88 Å². The number of hydrogen-bond acceptors (Lipinski definition) is 5. The molecule has 1 aliphatic heterocycles. The standard InChI is InChI=1S/C24H21F5N4O3/c1-14(32-9-6-24(28,29)17(13-32)15-4-7-33(35)8-5-15)23(34)31-22-3-2-16(12-30-22)36-21-11-19(26)18(25)10-20(21)27/h2-5,7-8,10-12,14,17H,6,9,13H2,1H3,(H,30,31,34)/t14-,17+/m0/s1. The monoisotopic (exact) mass is 508 g/mol. The van der Waals surface area contributed by atoms with E-state index in [-0.39, 0.29) is 24.7 Å². The van der Waals surface area contributed by atoms with Gasteiger partial charge in [-0.2, -0.15) is 4.73 Å². The first-order chi connectivity index (χ1) is 17.0. The number of hydrogen-bond donors (Lipinski definition) is 1. The number of rotatable bonds is 6. The Kier molecular flexibility index (Phi) is 7.07. The molecule has 0 spiro atoms. The molecule has 3 heterocycles. The topological polar surface area (TPSA) is 81.4 Å². The van der Waals surface area contributed by atoms with Gasteiger partial charge in [0.15, 0.2) is 35.6 Å². The third-order valence-corrected chi connectivity index (χ3v) is 6.01. The van der Waals surface area contributed by atoms with E-state index in [4.69, 9.17) is 4.74 Å². The molecule has 1 fully saturated rings. The molecule has 2 aromatic heterocycles. The van der Waals surface area contributed by atoms with Crippen LogP contribution in [0, 0.1) is 22.7 Å². The van der Waals surface area contributed by atoms with Crippen LogP contribution in [0.5, 0.6) is 11.5 Å². The molecule has 1 N–H and O–H groups in total. The van der Waals surface area contributed by atoms with Crippen molar-refractivity contribution >= 4 is 11.7 Å². The van der Waals surface area contributed by atoms with Gasteiger partial charge in [0, 0.05) is 43.8 Å². The lowest BCUT2D eigenvalue weighted by Crippen LogP contribution is -2.52. The van der Waals surface area contributed by atoms with Crippen molar-refractivity contribution in [3.8, 4) is 11.5 Å². The fraction of sp³-hybridized carbons (Fsp3) is 0.292. The first-order valence-corrected chi connectivity index (χ1v) is 10.9. The molecule has 1 saturated heterocycles. The van der Waals surface area contributed by atoms with Crippen LogP contribution < -0.4 is 14.8 Å². The molecule has 3 aromatic rings. The molecule has 1 aliphatic rings. The number of likely N-dealkylation sites (tertiary alicyclic amines) is 1. The summed E-state index contributed by atoms with van der Waals surface area (Å²) in [6.45, 7) is 1.48. The molecular formula is C24H21F5N4O3. The number of carbonyl (C=O) groups excluding carboxylic acids is 1. The van der Waals surface area contributed by atoms with Crippen LogP contribution in [0.25, 0.3) is 0 Å². The normalized spacial score (nSPS) is 18.4. The van der Waals surface area contributed by atoms with E-state index in [0.717, 1.165) is 18.6 Å². The van der Waals surface area contributed by atoms with Crippen LogP contribution in [-0.2, 0) is 4.79 Å². The molecule has 7 nitrogen and oxygen atoms in total. The van der Waals surface area contributed by atoms with E-state index in [2.05, 4.69) is 10.3 Å². The number of anilines is 1. The Morgan fingerprint density at radius 3 is 2.53 bits per heavy atom. The number of benzene rings is 1. The van der Waals surface area contributed by atoms with E-state index in [9.17, 15) is 32.0 Å². The zero-order chi connectivity index (χ0) is 26.0. The Bertz CT molecular complexity index is 1240. The fourth-order valence-corrected chi connectivity index (χ4v) is 3.90. The molecule has 0 unspecified atom stereocenters. The van der Waals surface area contributed by atoms with Crippen LogP contribution >= 0.6 is 0 Å². The van der Waals surface area contributed by atoms with Crippen LogP contribution in [0.3, 0.4) is 0 Å². The fourth-order valence-electron chi connectivity index (χ4n) is 3.90. The minimum absolute atomic E-state index is 0.00746. The highest BCUT2D eigenvalue weighted by atomic mass is 19.3. The molecule has 0 bridgehead atoms. The van der Waals surface area contributed by atoms with E-state index in [0.29, 0.717) is 22.4 Å². The highest BCUT2D eigenvalue weighted by molar-refractivity contribution is 5.93.